The van der Waals surface area contributed by atoms with E-state index in [2.05, 4.69) is 0 Å². The van der Waals surface area contributed by atoms with Gasteiger partial charge < -0.3 is 5.73 Å². The Labute approximate surface area is 111 Å². The summed E-state index contributed by atoms with van der Waals surface area (Å²) in [6, 6.07) is 4.36. The molecule has 7 heteroatoms. The highest BCUT2D eigenvalue weighted by atomic mass is 35.5. The van der Waals surface area contributed by atoms with Gasteiger partial charge in [-0.1, -0.05) is 23.2 Å². The molecule has 0 unspecified atom stereocenters. The maximum atomic E-state index is 12.2. The molecule has 4 nitrogen and oxygen atoms in total. The topological polar surface area (TPSA) is 63.4 Å². The first kappa shape index (κ1) is 14.7. The van der Waals surface area contributed by atoms with Crippen molar-refractivity contribution in [3.63, 3.8) is 0 Å². The summed E-state index contributed by atoms with van der Waals surface area (Å²) in [6.07, 6.45) is 0.591. The van der Waals surface area contributed by atoms with Crippen LogP contribution < -0.4 is 5.73 Å². The smallest absolute Gasteiger partial charge is 0.244 e. The van der Waals surface area contributed by atoms with E-state index in [1.165, 1.54) is 23.5 Å². The van der Waals surface area contributed by atoms with Gasteiger partial charge in [-0.3, -0.25) is 0 Å². The summed E-state index contributed by atoms with van der Waals surface area (Å²) in [5, 5.41) is 0.495. The summed E-state index contributed by atoms with van der Waals surface area (Å²) in [5.41, 5.74) is 5.34. The fourth-order valence-electron chi connectivity index (χ4n) is 1.28. The van der Waals surface area contributed by atoms with Gasteiger partial charge in [0.1, 0.15) is 4.90 Å². The van der Waals surface area contributed by atoms with Crippen molar-refractivity contribution in [1.29, 1.82) is 0 Å². The van der Waals surface area contributed by atoms with Crippen molar-refractivity contribution in [3.05, 3.63) is 28.2 Å². The maximum absolute atomic E-state index is 12.2. The molecule has 0 radical (unpaired) electrons. The number of nitrogens with zero attached hydrogens (tertiary/aromatic N) is 1. The Hall–Kier alpha value is -0.330. The van der Waals surface area contributed by atoms with Crippen molar-refractivity contribution in [2.24, 2.45) is 5.73 Å². The van der Waals surface area contributed by atoms with Crippen LogP contribution in [-0.2, 0) is 10.0 Å². The molecule has 1 aromatic rings. The van der Waals surface area contributed by atoms with E-state index in [-0.39, 0.29) is 9.92 Å². The summed E-state index contributed by atoms with van der Waals surface area (Å²) >= 11 is 11.6. The predicted molar refractivity (Wildman–Crippen MR) is 69.9 cm³/mol. The first-order valence-electron chi connectivity index (χ1n) is 5.01. The lowest BCUT2D eigenvalue weighted by molar-refractivity contribution is 0.464. The van der Waals surface area contributed by atoms with E-state index in [1.54, 1.807) is 6.07 Å². The largest absolute Gasteiger partial charge is 0.330 e. The normalized spacial score (nSPS) is 12.1. The number of halogens is 2. The molecule has 0 aliphatic heterocycles. The molecule has 0 aromatic heterocycles. The monoisotopic (exact) mass is 296 g/mol. The zero-order valence-electron chi connectivity index (χ0n) is 9.36. The highest BCUT2D eigenvalue weighted by molar-refractivity contribution is 7.89. The van der Waals surface area contributed by atoms with Crippen molar-refractivity contribution >= 4 is 33.2 Å². The number of benzene rings is 1. The van der Waals surface area contributed by atoms with Gasteiger partial charge in [-0.05, 0) is 31.2 Å². The molecule has 0 saturated heterocycles. The lowest BCUT2D eigenvalue weighted by atomic mass is 10.4. The third-order valence-corrected chi connectivity index (χ3v) is 4.83. The molecular formula is C10H14Cl2N2O2S. The zero-order valence-corrected chi connectivity index (χ0v) is 11.7. The first-order chi connectivity index (χ1) is 7.89. The quantitative estimate of drug-likeness (QED) is 0.903. The molecular weight excluding hydrogens is 283 g/mol. The average molecular weight is 297 g/mol. The Balaban J connectivity index is 3.08. The fraction of sp³-hybridized carbons (Fsp3) is 0.400. The molecule has 0 atom stereocenters. The molecule has 17 heavy (non-hydrogen) atoms. The standard InChI is InChI=1S/C10H14Cl2N2O2S/c1-14(6-2-5-13)17(15,16)10-7-8(11)3-4-9(10)12/h3-4,7H,2,5-6,13H2,1H3. The third kappa shape index (κ3) is 3.56. The van der Waals surface area contributed by atoms with E-state index in [9.17, 15) is 8.42 Å². The van der Waals surface area contributed by atoms with E-state index in [0.29, 0.717) is 24.5 Å². The Kier molecular flexibility index (Phi) is 5.22. The minimum absolute atomic E-state index is 0.0196. The minimum atomic E-state index is -3.60. The summed E-state index contributed by atoms with van der Waals surface area (Å²) in [7, 11) is -2.11. The zero-order chi connectivity index (χ0) is 13.1. The van der Waals surface area contributed by atoms with Crippen molar-refractivity contribution in [2.45, 2.75) is 11.3 Å². The molecule has 0 amide bonds. The van der Waals surface area contributed by atoms with Crippen LogP contribution in [0.15, 0.2) is 23.1 Å². The minimum Gasteiger partial charge on any atom is -0.330 e. The first-order valence-corrected chi connectivity index (χ1v) is 7.20. The molecule has 0 fully saturated rings. The van der Waals surface area contributed by atoms with E-state index in [1.807, 2.05) is 0 Å². The van der Waals surface area contributed by atoms with Gasteiger partial charge in [-0.15, -0.1) is 0 Å². The van der Waals surface area contributed by atoms with Crippen LogP contribution in [0.4, 0.5) is 0 Å². The number of rotatable bonds is 5. The SMILES string of the molecule is CN(CCCN)S(=O)(=O)c1cc(Cl)ccc1Cl. The highest BCUT2D eigenvalue weighted by Crippen LogP contribution is 2.27. The summed E-state index contributed by atoms with van der Waals surface area (Å²) in [6.45, 7) is 0.783. The molecule has 0 spiro atoms. The Morgan fingerprint density at radius 3 is 2.59 bits per heavy atom. The molecule has 0 saturated carbocycles. The average Bonchev–Trinajstić information content (AvgIpc) is 2.28. The lowest BCUT2D eigenvalue weighted by Crippen LogP contribution is -2.29. The van der Waals surface area contributed by atoms with Gasteiger partial charge in [0.05, 0.1) is 5.02 Å². The number of nitrogens with two attached hydrogens (primary N) is 1. The van der Waals surface area contributed by atoms with Crippen LogP contribution in [-0.4, -0.2) is 32.9 Å². The molecule has 96 valence electrons. The van der Waals surface area contributed by atoms with Gasteiger partial charge in [0.25, 0.3) is 0 Å². The second-order valence-electron chi connectivity index (χ2n) is 3.54. The van der Waals surface area contributed by atoms with Gasteiger partial charge in [-0.25, -0.2) is 12.7 Å². The number of sulfonamides is 1. The maximum Gasteiger partial charge on any atom is 0.244 e. The van der Waals surface area contributed by atoms with Crippen LogP contribution in [0.3, 0.4) is 0 Å². The predicted octanol–water partition coefficient (Wildman–Crippen LogP) is 1.96. The second-order valence-corrected chi connectivity index (χ2v) is 6.40. The number of hydrogen-bond donors (Lipinski definition) is 1. The van der Waals surface area contributed by atoms with Crippen LogP contribution in [0.25, 0.3) is 0 Å². The Morgan fingerprint density at radius 1 is 1.35 bits per heavy atom. The van der Waals surface area contributed by atoms with Crippen LogP contribution in [0.5, 0.6) is 0 Å². The summed E-state index contributed by atoms with van der Waals surface area (Å²) < 4.78 is 25.5. The molecule has 0 aliphatic rings. The molecule has 0 bridgehead atoms. The van der Waals surface area contributed by atoms with Crippen LogP contribution in [0.2, 0.25) is 10.0 Å². The number of hydrogen-bond acceptors (Lipinski definition) is 3. The molecule has 0 aliphatic carbocycles. The van der Waals surface area contributed by atoms with E-state index >= 15 is 0 Å². The van der Waals surface area contributed by atoms with Crippen LogP contribution in [0, 0.1) is 0 Å². The van der Waals surface area contributed by atoms with Crippen molar-refractivity contribution in [2.75, 3.05) is 20.1 Å². The van der Waals surface area contributed by atoms with E-state index < -0.39 is 10.0 Å². The van der Waals surface area contributed by atoms with E-state index in [4.69, 9.17) is 28.9 Å². The second kappa shape index (κ2) is 6.02. The van der Waals surface area contributed by atoms with E-state index in [0.717, 1.165) is 0 Å². The molecule has 0 heterocycles. The highest BCUT2D eigenvalue weighted by Gasteiger charge is 2.23. The van der Waals surface area contributed by atoms with Crippen molar-refractivity contribution in [3.8, 4) is 0 Å². The lowest BCUT2D eigenvalue weighted by Gasteiger charge is -2.17. The summed E-state index contributed by atoms with van der Waals surface area (Å²) in [4.78, 5) is 0.0196. The fourth-order valence-corrected chi connectivity index (χ4v) is 3.22. The van der Waals surface area contributed by atoms with Gasteiger partial charge in [0.2, 0.25) is 10.0 Å². The molecule has 1 aromatic carbocycles. The molecule has 2 N–H and O–H groups in total. The van der Waals surface area contributed by atoms with Crippen LogP contribution in [0.1, 0.15) is 6.42 Å². The summed E-state index contributed by atoms with van der Waals surface area (Å²) in [5.74, 6) is 0. The van der Waals surface area contributed by atoms with Gasteiger partial charge in [0.15, 0.2) is 0 Å². The van der Waals surface area contributed by atoms with Crippen molar-refractivity contribution < 1.29 is 8.42 Å². The Morgan fingerprint density at radius 2 is 2.00 bits per heavy atom. The van der Waals surface area contributed by atoms with Gasteiger partial charge in [0, 0.05) is 18.6 Å². The Bertz CT molecular complexity index is 491. The van der Waals surface area contributed by atoms with Gasteiger partial charge in [-0.2, -0.15) is 0 Å². The van der Waals surface area contributed by atoms with Crippen molar-refractivity contribution in [1.82, 2.24) is 4.31 Å². The molecule has 1 rings (SSSR count). The van der Waals surface area contributed by atoms with Crippen LogP contribution >= 0.6 is 23.2 Å². The third-order valence-electron chi connectivity index (χ3n) is 2.26. The van der Waals surface area contributed by atoms with Gasteiger partial charge >= 0.3 is 0 Å².